The summed E-state index contributed by atoms with van der Waals surface area (Å²) in [4.78, 5) is 14.0. The lowest BCUT2D eigenvalue weighted by atomic mass is 10.1. The van der Waals surface area contributed by atoms with Crippen molar-refractivity contribution >= 4 is 22.0 Å². The number of hydrogen-bond acceptors (Lipinski definition) is 3. The first-order valence-corrected chi connectivity index (χ1v) is 8.40. The highest BCUT2D eigenvalue weighted by molar-refractivity contribution is 7.89. The molecule has 6 heteroatoms. The van der Waals surface area contributed by atoms with Gasteiger partial charge in [0, 0.05) is 20.6 Å². The molecule has 0 saturated heterocycles. The van der Waals surface area contributed by atoms with E-state index >= 15 is 0 Å². The summed E-state index contributed by atoms with van der Waals surface area (Å²) in [5.41, 5.74) is 0.820. The summed E-state index contributed by atoms with van der Waals surface area (Å²) in [6.45, 7) is 0.391. The molecule has 1 saturated carbocycles. The molecule has 1 aromatic carbocycles. The van der Waals surface area contributed by atoms with Gasteiger partial charge >= 0.3 is 0 Å². The Hall–Kier alpha value is -1.82. The predicted molar refractivity (Wildman–Crippen MR) is 79.7 cm³/mol. The van der Waals surface area contributed by atoms with Crippen molar-refractivity contribution in [3.63, 3.8) is 0 Å². The average molecular weight is 306 g/mol. The SMILES string of the molecule is CN(C)C(=O)C1=Cc2ccccc2S(=O)(=O)N1CC1CC1. The molecule has 2 aliphatic rings. The molecule has 3 rings (SSSR count). The normalized spacial score (nSPS) is 19.7. The molecule has 1 aliphatic carbocycles. The summed E-state index contributed by atoms with van der Waals surface area (Å²) < 4.78 is 26.9. The Morgan fingerprint density at radius 2 is 1.95 bits per heavy atom. The maximum Gasteiger partial charge on any atom is 0.270 e. The van der Waals surface area contributed by atoms with Gasteiger partial charge in [-0.1, -0.05) is 18.2 Å². The smallest absolute Gasteiger partial charge is 0.270 e. The van der Waals surface area contributed by atoms with E-state index in [4.69, 9.17) is 0 Å². The van der Waals surface area contributed by atoms with Crippen LogP contribution >= 0.6 is 0 Å². The number of rotatable bonds is 3. The van der Waals surface area contributed by atoms with Crippen molar-refractivity contribution < 1.29 is 13.2 Å². The highest BCUT2D eigenvalue weighted by Crippen LogP contribution is 2.37. The number of sulfonamides is 1. The van der Waals surface area contributed by atoms with Crippen molar-refractivity contribution in [2.75, 3.05) is 20.6 Å². The Bertz CT molecular complexity index is 718. The van der Waals surface area contributed by atoms with Gasteiger partial charge < -0.3 is 4.90 Å². The summed E-state index contributed by atoms with van der Waals surface area (Å²) in [5, 5.41) is 0. The molecular formula is C15H18N2O3S. The van der Waals surface area contributed by atoms with Crippen LogP contribution in [0.3, 0.4) is 0 Å². The quantitative estimate of drug-likeness (QED) is 0.851. The van der Waals surface area contributed by atoms with Crippen LogP contribution in [0.5, 0.6) is 0 Å². The predicted octanol–water partition coefficient (Wildman–Crippen LogP) is 1.53. The third kappa shape index (κ3) is 2.44. The lowest BCUT2D eigenvalue weighted by Crippen LogP contribution is -2.41. The number of amides is 1. The first-order valence-electron chi connectivity index (χ1n) is 6.96. The van der Waals surface area contributed by atoms with Gasteiger partial charge in [-0.05, 0) is 36.5 Å². The van der Waals surface area contributed by atoms with Crippen LogP contribution in [-0.4, -0.2) is 44.2 Å². The van der Waals surface area contributed by atoms with Crippen molar-refractivity contribution in [2.45, 2.75) is 17.7 Å². The topological polar surface area (TPSA) is 57.7 Å². The molecule has 5 nitrogen and oxygen atoms in total. The van der Waals surface area contributed by atoms with Gasteiger partial charge in [-0.2, -0.15) is 0 Å². The zero-order valence-electron chi connectivity index (χ0n) is 12.1. The molecule has 0 spiro atoms. The molecule has 0 unspecified atom stereocenters. The Morgan fingerprint density at radius 1 is 1.29 bits per heavy atom. The number of carbonyl (C=O) groups excluding carboxylic acids is 1. The summed E-state index contributed by atoms with van der Waals surface area (Å²) in [7, 11) is -0.387. The van der Waals surface area contributed by atoms with Crippen LogP contribution in [-0.2, 0) is 14.8 Å². The third-order valence-electron chi connectivity index (χ3n) is 3.79. The second-order valence-corrected chi connectivity index (χ2v) is 7.58. The lowest BCUT2D eigenvalue weighted by Gasteiger charge is -2.31. The van der Waals surface area contributed by atoms with E-state index in [0.717, 1.165) is 12.8 Å². The maximum absolute atomic E-state index is 12.8. The van der Waals surface area contributed by atoms with E-state index in [1.54, 1.807) is 44.4 Å². The highest BCUT2D eigenvalue weighted by atomic mass is 32.2. The van der Waals surface area contributed by atoms with Gasteiger partial charge in [-0.25, -0.2) is 8.42 Å². The van der Waals surface area contributed by atoms with Crippen molar-refractivity contribution in [3.05, 3.63) is 35.5 Å². The Labute approximate surface area is 124 Å². The molecule has 112 valence electrons. The summed E-state index contributed by atoms with van der Waals surface area (Å²) in [6, 6.07) is 6.81. The number of benzene rings is 1. The summed E-state index contributed by atoms with van der Waals surface area (Å²) in [6.07, 6.45) is 3.73. The van der Waals surface area contributed by atoms with Gasteiger partial charge in [0.2, 0.25) is 0 Å². The monoisotopic (exact) mass is 306 g/mol. The fraction of sp³-hybridized carbons (Fsp3) is 0.400. The van der Waals surface area contributed by atoms with Crippen LogP contribution < -0.4 is 0 Å². The van der Waals surface area contributed by atoms with Crippen LogP contribution in [0.4, 0.5) is 0 Å². The minimum absolute atomic E-state index is 0.241. The summed E-state index contributed by atoms with van der Waals surface area (Å²) in [5.74, 6) is 0.0807. The van der Waals surface area contributed by atoms with E-state index in [-0.39, 0.29) is 16.5 Å². The standard InChI is InChI=1S/C15H18N2O3S/c1-16(2)15(18)13-9-12-5-3-4-6-14(12)21(19,20)17(13)10-11-7-8-11/h3-6,9,11H,7-8,10H2,1-2H3. The number of carbonyl (C=O) groups is 1. The van der Waals surface area contributed by atoms with Gasteiger partial charge in [0.25, 0.3) is 15.9 Å². The maximum atomic E-state index is 12.8. The summed E-state index contributed by atoms with van der Waals surface area (Å²) >= 11 is 0. The molecule has 1 heterocycles. The van der Waals surface area contributed by atoms with Gasteiger partial charge in [0.1, 0.15) is 5.70 Å². The fourth-order valence-corrected chi connectivity index (χ4v) is 4.14. The Kier molecular flexibility index (Phi) is 3.28. The van der Waals surface area contributed by atoms with Gasteiger partial charge in [0.05, 0.1) is 4.90 Å². The highest BCUT2D eigenvalue weighted by Gasteiger charge is 2.39. The van der Waals surface area contributed by atoms with Gasteiger partial charge in [-0.15, -0.1) is 0 Å². The number of nitrogens with zero attached hydrogens (tertiary/aromatic N) is 2. The second-order valence-electron chi connectivity index (χ2n) is 5.75. The molecule has 1 fully saturated rings. The number of hydrogen-bond donors (Lipinski definition) is 0. The molecule has 21 heavy (non-hydrogen) atoms. The minimum atomic E-state index is -3.65. The molecular weight excluding hydrogens is 288 g/mol. The van der Waals surface area contributed by atoms with E-state index in [1.165, 1.54) is 9.21 Å². The van der Waals surface area contributed by atoms with Crippen molar-refractivity contribution in [3.8, 4) is 0 Å². The lowest BCUT2D eigenvalue weighted by molar-refractivity contribution is -0.125. The zero-order valence-corrected chi connectivity index (χ0v) is 12.9. The first kappa shape index (κ1) is 14.1. The molecule has 0 atom stereocenters. The molecule has 0 aromatic heterocycles. The van der Waals surface area contributed by atoms with Crippen molar-refractivity contribution in [1.29, 1.82) is 0 Å². The minimum Gasteiger partial charge on any atom is -0.343 e. The zero-order chi connectivity index (χ0) is 15.2. The van der Waals surface area contributed by atoms with Crippen LogP contribution in [0.2, 0.25) is 0 Å². The molecule has 0 bridgehead atoms. The van der Waals surface area contributed by atoms with Crippen LogP contribution in [0.15, 0.2) is 34.9 Å². The number of likely N-dealkylation sites (N-methyl/N-ethyl adjacent to an activating group) is 1. The Balaban J connectivity index is 2.14. The second kappa shape index (κ2) is 4.87. The molecule has 1 aromatic rings. The Morgan fingerprint density at radius 3 is 2.57 bits per heavy atom. The average Bonchev–Trinajstić information content (AvgIpc) is 3.25. The van der Waals surface area contributed by atoms with Crippen LogP contribution in [0, 0.1) is 5.92 Å². The van der Waals surface area contributed by atoms with E-state index in [2.05, 4.69) is 0 Å². The fourth-order valence-electron chi connectivity index (χ4n) is 2.43. The van der Waals surface area contributed by atoms with E-state index in [9.17, 15) is 13.2 Å². The molecule has 0 radical (unpaired) electrons. The van der Waals surface area contributed by atoms with Crippen molar-refractivity contribution in [2.24, 2.45) is 5.92 Å². The molecule has 1 aliphatic heterocycles. The molecule has 0 N–H and O–H groups in total. The molecule has 1 amide bonds. The van der Waals surface area contributed by atoms with Crippen LogP contribution in [0.25, 0.3) is 6.08 Å². The third-order valence-corrected chi connectivity index (χ3v) is 5.65. The van der Waals surface area contributed by atoms with Crippen molar-refractivity contribution in [1.82, 2.24) is 9.21 Å². The van der Waals surface area contributed by atoms with E-state index in [0.29, 0.717) is 18.0 Å². The van der Waals surface area contributed by atoms with E-state index < -0.39 is 10.0 Å². The largest absolute Gasteiger partial charge is 0.343 e. The van der Waals surface area contributed by atoms with Gasteiger partial charge in [-0.3, -0.25) is 9.10 Å². The van der Waals surface area contributed by atoms with Crippen LogP contribution in [0.1, 0.15) is 18.4 Å². The number of fused-ring (bicyclic) bond motifs is 1. The van der Waals surface area contributed by atoms with Gasteiger partial charge in [0.15, 0.2) is 0 Å². The first-order chi connectivity index (χ1) is 9.91. The van der Waals surface area contributed by atoms with E-state index in [1.807, 2.05) is 0 Å².